The van der Waals surface area contributed by atoms with Gasteiger partial charge < -0.3 is 14.6 Å². The van der Waals surface area contributed by atoms with Gasteiger partial charge in [0.15, 0.2) is 0 Å². The molecule has 1 heterocycles. The van der Waals surface area contributed by atoms with Crippen LogP contribution in [0.25, 0.3) is 0 Å². The van der Waals surface area contributed by atoms with Crippen molar-refractivity contribution in [2.24, 2.45) is 0 Å². The summed E-state index contributed by atoms with van der Waals surface area (Å²) in [6, 6.07) is 5.52. The highest BCUT2D eigenvalue weighted by molar-refractivity contribution is 9.11. The fraction of sp³-hybridized carbons (Fsp3) is 0.231. The van der Waals surface area contributed by atoms with Crippen molar-refractivity contribution >= 4 is 31.9 Å². The van der Waals surface area contributed by atoms with Gasteiger partial charge in [-0.15, -0.1) is 0 Å². The van der Waals surface area contributed by atoms with Crippen molar-refractivity contribution in [3.05, 3.63) is 44.6 Å². The molecule has 5 nitrogen and oxygen atoms in total. The summed E-state index contributed by atoms with van der Waals surface area (Å²) in [4.78, 5) is 8.28. The number of ether oxygens (including phenoxy) is 2. The molecular weight excluding hydrogens is 392 g/mol. The van der Waals surface area contributed by atoms with E-state index in [0.29, 0.717) is 17.1 Å². The molecule has 0 radical (unpaired) electrons. The highest BCUT2D eigenvalue weighted by atomic mass is 79.9. The highest BCUT2D eigenvalue weighted by Crippen LogP contribution is 2.33. The lowest BCUT2D eigenvalue weighted by Gasteiger charge is -2.15. The third-order valence-corrected chi connectivity index (χ3v) is 3.87. The van der Waals surface area contributed by atoms with Crippen LogP contribution in [0.4, 0.5) is 0 Å². The third kappa shape index (κ3) is 3.11. The van der Waals surface area contributed by atoms with E-state index < -0.39 is 6.10 Å². The Balaban J connectivity index is 2.47. The molecule has 2 rings (SSSR count). The molecule has 7 heteroatoms. The summed E-state index contributed by atoms with van der Waals surface area (Å²) in [5.74, 6) is 0.551. The van der Waals surface area contributed by atoms with Crippen LogP contribution in [-0.4, -0.2) is 29.3 Å². The molecule has 2 aromatic rings. The quantitative estimate of drug-likeness (QED) is 0.849. The molecular formula is C13H12Br2N2O3. The van der Waals surface area contributed by atoms with Gasteiger partial charge in [-0.1, -0.05) is 31.9 Å². The molecule has 0 aliphatic rings. The zero-order chi connectivity index (χ0) is 14.7. The fourth-order valence-electron chi connectivity index (χ4n) is 1.67. The van der Waals surface area contributed by atoms with Crippen molar-refractivity contribution in [1.82, 2.24) is 9.97 Å². The third-order valence-electron chi connectivity index (χ3n) is 2.66. The second-order valence-electron chi connectivity index (χ2n) is 3.88. The number of methoxy groups -OCH3 is 2. The zero-order valence-corrected chi connectivity index (χ0v) is 14.0. The van der Waals surface area contributed by atoms with E-state index in [-0.39, 0.29) is 5.88 Å². The summed E-state index contributed by atoms with van der Waals surface area (Å²) >= 11 is 6.78. The number of hydrogen-bond donors (Lipinski definition) is 1. The Labute approximate surface area is 133 Å². The molecule has 1 aromatic heterocycles. The Morgan fingerprint density at radius 1 is 1.20 bits per heavy atom. The number of benzene rings is 1. The van der Waals surface area contributed by atoms with E-state index in [0.717, 1.165) is 8.95 Å². The van der Waals surface area contributed by atoms with Gasteiger partial charge in [0.2, 0.25) is 11.8 Å². The summed E-state index contributed by atoms with van der Waals surface area (Å²) in [5.41, 5.74) is 0.990. The second kappa shape index (κ2) is 6.51. The SMILES string of the molecule is COc1cnc(C(O)c2cc(Br)ccc2Br)c(OC)n1. The number of aliphatic hydroxyl groups is 1. The Hall–Kier alpha value is -1.18. The van der Waals surface area contributed by atoms with Crippen molar-refractivity contribution in [3.8, 4) is 11.8 Å². The van der Waals surface area contributed by atoms with E-state index in [9.17, 15) is 5.11 Å². The van der Waals surface area contributed by atoms with Crippen molar-refractivity contribution in [2.45, 2.75) is 6.10 Å². The monoisotopic (exact) mass is 402 g/mol. The molecule has 0 saturated heterocycles. The van der Waals surface area contributed by atoms with Crippen LogP contribution in [0.1, 0.15) is 17.4 Å². The number of nitrogens with zero attached hydrogens (tertiary/aromatic N) is 2. The van der Waals surface area contributed by atoms with Crippen LogP contribution in [0.5, 0.6) is 11.8 Å². The lowest BCUT2D eigenvalue weighted by molar-refractivity contribution is 0.206. The van der Waals surface area contributed by atoms with E-state index in [4.69, 9.17) is 9.47 Å². The Kier molecular flexibility index (Phi) is 4.95. The first-order chi connectivity index (χ1) is 9.56. The molecule has 1 atom stereocenters. The molecule has 0 spiro atoms. The van der Waals surface area contributed by atoms with Gasteiger partial charge in [-0.25, -0.2) is 4.98 Å². The van der Waals surface area contributed by atoms with Gasteiger partial charge in [0.05, 0.1) is 20.4 Å². The van der Waals surface area contributed by atoms with Gasteiger partial charge in [-0.3, -0.25) is 0 Å². The molecule has 0 fully saturated rings. The van der Waals surface area contributed by atoms with Gasteiger partial charge >= 0.3 is 0 Å². The molecule has 0 amide bonds. The molecule has 1 unspecified atom stereocenters. The maximum Gasteiger partial charge on any atom is 0.241 e. The first-order valence-corrected chi connectivity index (χ1v) is 7.23. The van der Waals surface area contributed by atoms with Crippen molar-refractivity contribution in [3.63, 3.8) is 0 Å². The lowest BCUT2D eigenvalue weighted by Crippen LogP contribution is -2.08. The normalized spacial score (nSPS) is 12.1. The summed E-state index contributed by atoms with van der Waals surface area (Å²) in [6.07, 6.45) is 0.475. The van der Waals surface area contributed by atoms with Gasteiger partial charge in [0.25, 0.3) is 0 Å². The van der Waals surface area contributed by atoms with Crippen LogP contribution in [0.15, 0.2) is 33.3 Å². The van der Waals surface area contributed by atoms with E-state index >= 15 is 0 Å². The predicted octanol–water partition coefficient (Wildman–Crippen LogP) is 3.10. The zero-order valence-electron chi connectivity index (χ0n) is 10.8. The van der Waals surface area contributed by atoms with E-state index in [2.05, 4.69) is 41.8 Å². The van der Waals surface area contributed by atoms with Gasteiger partial charge in [0, 0.05) is 14.5 Å². The minimum absolute atomic E-state index is 0.226. The van der Waals surface area contributed by atoms with Crippen LogP contribution in [-0.2, 0) is 0 Å². The molecule has 20 heavy (non-hydrogen) atoms. The molecule has 106 valence electrons. The van der Waals surface area contributed by atoms with Crippen molar-refractivity contribution in [2.75, 3.05) is 14.2 Å². The molecule has 0 aliphatic carbocycles. The number of aromatic nitrogens is 2. The Morgan fingerprint density at radius 2 is 1.95 bits per heavy atom. The standard InChI is InChI=1S/C13H12Br2N2O3/c1-19-10-6-16-11(13(17-10)20-2)12(18)8-5-7(14)3-4-9(8)15/h3-6,12,18H,1-2H3. The summed E-state index contributed by atoms with van der Waals surface area (Å²) in [7, 11) is 2.96. The van der Waals surface area contributed by atoms with Gasteiger partial charge in [-0.2, -0.15) is 4.98 Å². The van der Waals surface area contributed by atoms with Gasteiger partial charge in [-0.05, 0) is 18.2 Å². The average Bonchev–Trinajstić information content (AvgIpc) is 2.48. The number of aliphatic hydroxyl groups excluding tert-OH is 1. The van der Waals surface area contributed by atoms with Crippen LogP contribution in [0, 0.1) is 0 Å². The maximum atomic E-state index is 10.5. The topological polar surface area (TPSA) is 64.5 Å². The second-order valence-corrected chi connectivity index (χ2v) is 5.65. The molecule has 0 saturated carbocycles. The first kappa shape index (κ1) is 15.2. The lowest BCUT2D eigenvalue weighted by atomic mass is 10.1. The van der Waals surface area contributed by atoms with Gasteiger partial charge in [0.1, 0.15) is 11.8 Å². The predicted molar refractivity (Wildman–Crippen MR) is 81.0 cm³/mol. The number of hydrogen-bond acceptors (Lipinski definition) is 5. The fourth-order valence-corrected chi connectivity index (χ4v) is 2.52. The van der Waals surface area contributed by atoms with Crippen molar-refractivity contribution in [1.29, 1.82) is 0 Å². The van der Waals surface area contributed by atoms with Crippen LogP contribution in [0.3, 0.4) is 0 Å². The van der Waals surface area contributed by atoms with E-state index in [1.54, 1.807) is 6.07 Å². The van der Waals surface area contributed by atoms with Crippen LogP contribution < -0.4 is 9.47 Å². The van der Waals surface area contributed by atoms with Crippen LogP contribution >= 0.6 is 31.9 Å². The van der Waals surface area contributed by atoms with E-state index in [1.165, 1.54) is 20.4 Å². The average molecular weight is 404 g/mol. The number of halogens is 2. The molecule has 1 N–H and O–H groups in total. The minimum Gasteiger partial charge on any atom is -0.480 e. The smallest absolute Gasteiger partial charge is 0.241 e. The minimum atomic E-state index is -0.963. The van der Waals surface area contributed by atoms with E-state index in [1.807, 2.05) is 12.1 Å². The highest BCUT2D eigenvalue weighted by Gasteiger charge is 2.21. The maximum absolute atomic E-state index is 10.5. The van der Waals surface area contributed by atoms with Crippen molar-refractivity contribution < 1.29 is 14.6 Å². The van der Waals surface area contributed by atoms with Crippen LogP contribution in [0.2, 0.25) is 0 Å². The molecule has 0 aliphatic heterocycles. The summed E-state index contributed by atoms with van der Waals surface area (Å²) in [5, 5.41) is 10.5. The first-order valence-electron chi connectivity index (χ1n) is 5.64. The molecule has 1 aromatic carbocycles. The number of rotatable bonds is 4. The Bertz CT molecular complexity index is 623. The molecule has 0 bridgehead atoms. The Morgan fingerprint density at radius 3 is 2.60 bits per heavy atom. The largest absolute Gasteiger partial charge is 0.480 e. The summed E-state index contributed by atoms with van der Waals surface area (Å²) in [6.45, 7) is 0. The summed E-state index contributed by atoms with van der Waals surface area (Å²) < 4.78 is 11.8.